The van der Waals surface area contributed by atoms with Gasteiger partial charge < -0.3 is 10.2 Å². The molecule has 1 aliphatic rings. The zero-order valence-corrected chi connectivity index (χ0v) is 8.64. The van der Waals surface area contributed by atoms with Gasteiger partial charge in [-0.15, -0.1) is 0 Å². The van der Waals surface area contributed by atoms with E-state index in [4.69, 9.17) is 0 Å². The zero-order chi connectivity index (χ0) is 8.97. The van der Waals surface area contributed by atoms with Crippen LogP contribution in [-0.2, 0) is 0 Å². The molecule has 0 aromatic heterocycles. The van der Waals surface area contributed by atoms with Crippen molar-refractivity contribution in [3.8, 4) is 0 Å². The van der Waals surface area contributed by atoms with Crippen LogP contribution in [0.25, 0.3) is 0 Å². The van der Waals surface area contributed by atoms with Crippen molar-refractivity contribution in [1.82, 2.24) is 10.2 Å². The molecule has 0 spiro atoms. The third-order valence-electron chi connectivity index (χ3n) is 2.63. The van der Waals surface area contributed by atoms with Gasteiger partial charge in [-0.3, -0.25) is 0 Å². The predicted molar refractivity (Wildman–Crippen MR) is 53.4 cm³/mol. The maximum Gasteiger partial charge on any atom is 0.0209 e. The third-order valence-corrected chi connectivity index (χ3v) is 2.63. The summed E-state index contributed by atoms with van der Waals surface area (Å²) in [5.41, 5.74) is 0. The molecular weight excluding hydrogens is 148 g/mol. The SMILES string of the molecule is CCC[C@@H](C)N[C@@H]1CCN(C)C1. The fraction of sp³-hybridized carbons (Fsp3) is 1.00. The minimum Gasteiger partial charge on any atom is -0.310 e. The van der Waals surface area contributed by atoms with Crippen molar-refractivity contribution >= 4 is 0 Å². The number of hydrogen-bond acceptors (Lipinski definition) is 2. The summed E-state index contributed by atoms with van der Waals surface area (Å²) in [4.78, 5) is 2.40. The normalized spacial score (nSPS) is 27.8. The first-order chi connectivity index (χ1) is 5.72. The monoisotopic (exact) mass is 170 g/mol. The van der Waals surface area contributed by atoms with Gasteiger partial charge in [0.05, 0.1) is 0 Å². The number of hydrogen-bond donors (Lipinski definition) is 1. The van der Waals surface area contributed by atoms with Crippen LogP contribution in [0, 0.1) is 0 Å². The lowest BCUT2D eigenvalue weighted by Crippen LogP contribution is -2.37. The molecule has 0 amide bonds. The minimum absolute atomic E-state index is 0.700. The molecular formula is C10H22N2. The fourth-order valence-corrected chi connectivity index (χ4v) is 1.99. The van der Waals surface area contributed by atoms with E-state index in [2.05, 4.69) is 31.1 Å². The first kappa shape index (κ1) is 10.0. The molecule has 1 rings (SSSR count). The van der Waals surface area contributed by atoms with Gasteiger partial charge >= 0.3 is 0 Å². The predicted octanol–water partition coefficient (Wildman–Crippen LogP) is 1.47. The molecule has 2 heteroatoms. The number of likely N-dealkylation sites (N-methyl/N-ethyl adjacent to an activating group) is 1. The molecule has 0 bridgehead atoms. The molecule has 1 saturated heterocycles. The summed E-state index contributed by atoms with van der Waals surface area (Å²) in [5.74, 6) is 0. The Balaban J connectivity index is 2.14. The fourth-order valence-electron chi connectivity index (χ4n) is 1.99. The van der Waals surface area contributed by atoms with Crippen LogP contribution in [0.15, 0.2) is 0 Å². The number of rotatable bonds is 4. The van der Waals surface area contributed by atoms with E-state index in [1.807, 2.05) is 0 Å². The maximum atomic E-state index is 3.67. The van der Waals surface area contributed by atoms with Crippen molar-refractivity contribution in [1.29, 1.82) is 0 Å². The smallest absolute Gasteiger partial charge is 0.0209 e. The highest BCUT2D eigenvalue weighted by molar-refractivity contribution is 4.80. The van der Waals surface area contributed by atoms with Crippen molar-refractivity contribution in [2.45, 2.75) is 45.2 Å². The highest BCUT2D eigenvalue weighted by Gasteiger charge is 2.19. The van der Waals surface area contributed by atoms with Crippen LogP contribution in [0.5, 0.6) is 0 Å². The molecule has 0 aromatic rings. The highest BCUT2D eigenvalue weighted by Crippen LogP contribution is 2.08. The van der Waals surface area contributed by atoms with Crippen molar-refractivity contribution in [2.24, 2.45) is 0 Å². The Labute approximate surface area is 76.3 Å². The van der Waals surface area contributed by atoms with Gasteiger partial charge in [0.15, 0.2) is 0 Å². The van der Waals surface area contributed by atoms with Gasteiger partial charge in [0.2, 0.25) is 0 Å². The molecule has 0 aromatic carbocycles. The van der Waals surface area contributed by atoms with Gasteiger partial charge in [0.25, 0.3) is 0 Å². The Hall–Kier alpha value is -0.0800. The van der Waals surface area contributed by atoms with Crippen molar-refractivity contribution in [2.75, 3.05) is 20.1 Å². The average Bonchev–Trinajstić information content (AvgIpc) is 2.36. The van der Waals surface area contributed by atoms with Crippen LogP contribution >= 0.6 is 0 Å². The van der Waals surface area contributed by atoms with Gasteiger partial charge in [0, 0.05) is 18.6 Å². The molecule has 72 valence electrons. The van der Waals surface area contributed by atoms with Crippen molar-refractivity contribution in [3.05, 3.63) is 0 Å². The standard InChI is InChI=1S/C10H22N2/c1-4-5-9(2)11-10-6-7-12(3)8-10/h9-11H,4-8H2,1-3H3/t9-,10-/m1/s1. The van der Waals surface area contributed by atoms with Crippen LogP contribution in [0.1, 0.15) is 33.1 Å². The molecule has 0 unspecified atom stereocenters. The van der Waals surface area contributed by atoms with E-state index in [0.29, 0.717) is 6.04 Å². The van der Waals surface area contributed by atoms with E-state index >= 15 is 0 Å². The van der Waals surface area contributed by atoms with Crippen molar-refractivity contribution < 1.29 is 0 Å². The van der Waals surface area contributed by atoms with E-state index < -0.39 is 0 Å². The van der Waals surface area contributed by atoms with Crippen molar-refractivity contribution in [3.63, 3.8) is 0 Å². The second-order valence-corrected chi connectivity index (χ2v) is 4.10. The quantitative estimate of drug-likeness (QED) is 0.687. The van der Waals surface area contributed by atoms with Crippen LogP contribution in [0.3, 0.4) is 0 Å². The average molecular weight is 170 g/mol. The maximum absolute atomic E-state index is 3.67. The summed E-state index contributed by atoms with van der Waals surface area (Å²) >= 11 is 0. The zero-order valence-electron chi connectivity index (χ0n) is 8.64. The van der Waals surface area contributed by atoms with Crippen LogP contribution in [0.4, 0.5) is 0 Å². The van der Waals surface area contributed by atoms with Crippen LogP contribution in [-0.4, -0.2) is 37.1 Å². The molecule has 1 heterocycles. The van der Waals surface area contributed by atoms with E-state index in [1.54, 1.807) is 0 Å². The first-order valence-electron chi connectivity index (χ1n) is 5.17. The molecule has 2 atom stereocenters. The molecule has 0 saturated carbocycles. The van der Waals surface area contributed by atoms with Crippen LogP contribution < -0.4 is 5.32 Å². The van der Waals surface area contributed by atoms with Gasteiger partial charge in [-0.1, -0.05) is 13.3 Å². The van der Waals surface area contributed by atoms with Gasteiger partial charge in [-0.25, -0.2) is 0 Å². The summed E-state index contributed by atoms with van der Waals surface area (Å²) in [7, 11) is 2.20. The van der Waals surface area contributed by atoms with E-state index in [9.17, 15) is 0 Å². The van der Waals surface area contributed by atoms with Gasteiger partial charge in [0.1, 0.15) is 0 Å². The molecule has 2 nitrogen and oxygen atoms in total. The summed E-state index contributed by atoms with van der Waals surface area (Å²) in [5, 5.41) is 3.67. The second kappa shape index (κ2) is 4.83. The minimum atomic E-state index is 0.700. The lowest BCUT2D eigenvalue weighted by atomic mass is 10.1. The second-order valence-electron chi connectivity index (χ2n) is 4.10. The molecule has 0 radical (unpaired) electrons. The molecule has 1 fully saturated rings. The third kappa shape index (κ3) is 3.11. The Morgan fingerprint density at radius 2 is 2.33 bits per heavy atom. The number of likely N-dealkylation sites (tertiary alicyclic amines) is 1. The van der Waals surface area contributed by atoms with E-state index in [1.165, 1.54) is 32.4 Å². The Bertz CT molecular complexity index is 125. The Kier molecular flexibility index (Phi) is 4.02. The molecule has 0 aliphatic carbocycles. The summed E-state index contributed by atoms with van der Waals surface area (Å²) in [6.45, 7) is 7.03. The highest BCUT2D eigenvalue weighted by atomic mass is 15.2. The van der Waals surface area contributed by atoms with Gasteiger partial charge in [-0.05, 0) is 33.4 Å². The molecule has 1 aliphatic heterocycles. The Morgan fingerprint density at radius 3 is 2.83 bits per heavy atom. The molecule has 12 heavy (non-hydrogen) atoms. The lowest BCUT2D eigenvalue weighted by molar-refractivity contribution is 0.379. The van der Waals surface area contributed by atoms with E-state index in [-0.39, 0.29) is 0 Å². The topological polar surface area (TPSA) is 15.3 Å². The van der Waals surface area contributed by atoms with Gasteiger partial charge in [-0.2, -0.15) is 0 Å². The summed E-state index contributed by atoms with van der Waals surface area (Å²) in [6, 6.07) is 1.45. The summed E-state index contributed by atoms with van der Waals surface area (Å²) in [6.07, 6.45) is 3.92. The number of nitrogens with zero attached hydrogens (tertiary/aromatic N) is 1. The molecule has 1 N–H and O–H groups in total. The van der Waals surface area contributed by atoms with Crippen LogP contribution in [0.2, 0.25) is 0 Å². The lowest BCUT2D eigenvalue weighted by Gasteiger charge is -2.18. The van der Waals surface area contributed by atoms with E-state index in [0.717, 1.165) is 6.04 Å². The largest absolute Gasteiger partial charge is 0.310 e. The first-order valence-corrected chi connectivity index (χ1v) is 5.17. The Morgan fingerprint density at radius 1 is 1.58 bits per heavy atom. The number of nitrogens with one attached hydrogen (secondary N) is 1. The summed E-state index contributed by atoms with van der Waals surface area (Å²) < 4.78 is 0.